The molecule has 1 N–H and O–H groups in total. The van der Waals surface area contributed by atoms with E-state index in [0.717, 1.165) is 0 Å². The Morgan fingerprint density at radius 3 is 2.62 bits per heavy atom. The third-order valence-electron chi connectivity index (χ3n) is 3.71. The van der Waals surface area contributed by atoms with Gasteiger partial charge in [0.1, 0.15) is 23.9 Å². The van der Waals surface area contributed by atoms with Crippen molar-refractivity contribution < 1.29 is 18.7 Å². The van der Waals surface area contributed by atoms with E-state index in [1.54, 1.807) is 30.3 Å². The first-order valence-corrected chi connectivity index (χ1v) is 8.56. The Morgan fingerprint density at radius 1 is 1.19 bits per heavy atom. The lowest BCUT2D eigenvalue weighted by molar-refractivity contribution is -0.116. The summed E-state index contributed by atoms with van der Waals surface area (Å²) in [7, 11) is 3.44. The number of amides is 1. The number of halogens is 2. The molecule has 140 valence electrons. The van der Waals surface area contributed by atoms with E-state index in [4.69, 9.17) is 21.1 Å². The lowest BCUT2D eigenvalue weighted by atomic mass is 10.2. The lowest BCUT2D eigenvalue weighted by Gasteiger charge is -2.17. The zero-order valence-electron chi connectivity index (χ0n) is 14.8. The number of likely N-dealkylation sites (N-methyl/N-ethyl adjacent to an activating group) is 1. The molecule has 0 spiro atoms. The van der Waals surface area contributed by atoms with Crippen molar-refractivity contribution in [2.45, 2.75) is 6.42 Å². The van der Waals surface area contributed by atoms with Gasteiger partial charge in [0.25, 0.3) is 0 Å². The van der Waals surface area contributed by atoms with Gasteiger partial charge in [0.05, 0.1) is 12.8 Å². The Labute approximate surface area is 157 Å². The Hall–Kier alpha value is -2.31. The Morgan fingerprint density at radius 2 is 1.92 bits per heavy atom. The van der Waals surface area contributed by atoms with Crippen LogP contribution in [0.3, 0.4) is 0 Å². The van der Waals surface area contributed by atoms with Crippen LogP contribution in [0.5, 0.6) is 11.5 Å². The van der Waals surface area contributed by atoms with Gasteiger partial charge in [-0.15, -0.1) is 0 Å². The van der Waals surface area contributed by atoms with Crippen LogP contribution in [0, 0.1) is 5.82 Å². The van der Waals surface area contributed by atoms with Gasteiger partial charge in [-0.25, -0.2) is 4.39 Å². The molecule has 0 aliphatic rings. The molecular weight excluding hydrogens is 359 g/mol. The molecule has 0 saturated heterocycles. The van der Waals surface area contributed by atoms with Gasteiger partial charge in [-0.2, -0.15) is 0 Å². The molecule has 0 aliphatic carbocycles. The van der Waals surface area contributed by atoms with Crippen LogP contribution in [0.4, 0.5) is 10.1 Å². The summed E-state index contributed by atoms with van der Waals surface area (Å²) in [4.78, 5) is 14.1. The van der Waals surface area contributed by atoms with Gasteiger partial charge in [-0.1, -0.05) is 11.6 Å². The summed E-state index contributed by atoms with van der Waals surface area (Å²) in [6.45, 7) is 1.67. The fourth-order valence-corrected chi connectivity index (χ4v) is 2.42. The van der Waals surface area contributed by atoms with E-state index in [0.29, 0.717) is 48.3 Å². The van der Waals surface area contributed by atoms with Gasteiger partial charge < -0.3 is 19.7 Å². The van der Waals surface area contributed by atoms with Gasteiger partial charge in [-0.3, -0.25) is 4.79 Å². The standard InChI is InChI=1S/C19H22ClFN2O3/c1-23(11-12-26-16-6-4-15(21)5-7-16)10-9-19(24)22-17-13-14(20)3-8-18(17)25-2/h3-8,13H,9-12H2,1-2H3,(H,22,24). The monoisotopic (exact) mass is 380 g/mol. The number of hydrogen-bond acceptors (Lipinski definition) is 4. The van der Waals surface area contributed by atoms with Crippen molar-refractivity contribution in [1.82, 2.24) is 4.90 Å². The van der Waals surface area contributed by atoms with Gasteiger partial charge in [0, 0.05) is 24.5 Å². The highest BCUT2D eigenvalue weighted by Crippen LogP contribution is 2.27. The molecule has 0 aliphatic heterocycles. The molecule has 5 nitrogen and oxygen atoms in total. The van der Waals surface area contributed by atoms with Gasteiger partial charge in [0.2, 0.25) is 5.91 Å². The molecule has 0 heterocycles. The van der Waals surface area contributed by atoms with Gasteiger partial charge >= 0.3 is 0 Å². The van der Waals surface area contributed by atoms with Crippen molar-refractivity contribution in [3.63, 3.8) is 0 Å². The van der Waals surface area contributed by atoms with Gasteiger partial charge in [0.15, 0.2) is 0 Å². The first-order chi connectivity index (χ1) is 12.5. The average molecular weight is 381 g/mol. The van der Waals surface area contributed by atoms with Crippen LogP contribution in [-0.2, 0) is 4.79 Å². The van der Waals surface area contributed by atoms with Crippen LogP contribution in [0.2, 0.25) is 5.02 Å². The maximum atomic E-state index is 12.8. The summed E-state index contributed by atoms with van der Waals surface area (Å²) in [5.74, 6) is 0.753. The maximum absolute atomic E-state index is 12.8. The molecule has 2 rings (SSSR count). The molecule has 7 heteroatoms. The minimum atomic E-state index is -0.295. The summed E-state index contributed by atoms with van der Waals surface area (Å²) >= 11 is 5.95. The molecule has 0 atom stereocenters. The van der Waals surface area contributed by atoms with Crippen LogP contribution in [-0.4, -0.2) is 44.7 Å². The van der Waals surface area contributed by atoms with E-state index in [9.17, 15) is 9.18 Å². The van der Waals surface area contributed by atoms with Crippen molar-refractivity contribution in [1.29, 1.82) is 0 Å². The Bertz CT molecular complexity index is 725. The fraction of sp³-hybridized carbons (Fsp3) is 0.316. The normalized spacial score (nSPS) is 10.7. The predicted molar refractivity (Wildman–Crippen MR) is 101 cm³/mol. The van der Waals surface area contributed by atoms with Crippen molar-refractivity contribution in [3.8, 4) is 11.5 Å². The number of hydrogen-bond donors (Lipinski definition) is 1. The van der Waals surface area contributed by atoms with E-state index in [1.807, 2.05) is 11.9 Å². The smallest absolute Gasteiger partial charge is 0.225 e. The molecule has 0 radical (unpaired) electrons. The molecule has 0 fully saturated rings. The van der Waals surface area contributed by atoms with Crippen molar-refractivity contribution in [3.05, 3.63) is 53.3 Å². The second-order valence-corrected chi connectivity index (χ2v) is 6.18. The quantitative estimate of drug-likeness (QED) is 0.718. The number of rotatable bonds is 9. The predicted octanol–water partition coefficient (Wildman–Crippen LogP) is 3.83. The van der Waals surface area contributed by atoms with E-state index in [2.05, 4.69) is 5.32 Å². The number of carbonyl (C=O) groups excluding carboxylic acids is 1. The zero-order valence-corrected chi connectivity index (χ0v) is 15.6. The minimum absolute atomic E-state index is 0.128. The Kier molecular flexibility index (Phi) is 7.69. The summed E-state index contributed by atoms with van der Waals surface area (Å²) in [6.07, 6.45) is 0.322. The van der Waals surface area contributed by atoms with E-state index in [1.165, 1.54) is 19.2 Å². The average Bonchev–Trinajstić information content (AvgIpc) is 2.62. The number of carbonyl (C=O) groups is 1. The number of ether oxygens (including phenoxy) is 2. The minimum Gasteiger partial charge on any atom is -0.495 e. The van der Waals surface area contributed by atoms with Crippen molar-refractivity contribution >= 4 is 23.2 Å². The second kappa shape index (κ2) is 9.99. The molecule has 1 amide bonds. The number of nitrogens with zero attached hydrogens (tertiary/aromatic N) is 1. The topological polar surface area (TPSA) is 50.8 Å². The first-order valence-electron chi connectivity index (χ1n) is 8.18. The van der Waals surface area contributed by atoms with Gasteiger partial charge in [-0.05, 0) is 49.5 Å². The molecule has 2 aromatic carbocycles. The lowest BCUT2D eigenvalue weighted by Crippen LogP contribution is -2.28. The molecule has 0 saturated carbocycles. The van der Waals surface area contributed by atoms with Crippen LogP contribution < -0.4 is 14.8 Å². The highest BCUT2D eigenvalue weighted by Gasteiger charge is 2.09. The van der Waals surface area contributed by atoms with E-state index >= 15 is 0 Å². The van der Waals surface area contributed by atoms with Crippen molar-refractivity contribution in [2.75, 3.05) is 39.2 Å². The highest BCUT2D eigenvalue weighted by molar-refractivity contribution is 6.31. The van der Waals surface area contributed by atoms with Crippen LogP contribution >= 0.6 is 11.6 Å². The first kappa shape index (κ1) is 20.0. The summed E-state index contributed by atoms with van der Waals surface area (Å²) in [5.41, 5.74) is 0.548. The second-order valence-electron chi connectivity index (χ2n) is 5.75. The van der Waals surface area contributed by atoms with E-state index in [-0.39, 0.29) is 11.7 Å². The third-order valence-corrected chi connectivity index (χ3v) is 3.95. The fourth-order valence-electron chi connectivity index (χ4n) is 2.24. The van der Waals surface area contributed by atoms with Crippen LogP contribution in [0.1, 0.15) is 6.42 Å². The molecule has 2 aromatic rings. The summed E-state index contributed by atoms with van der Waals surface area (Å²) in [6, 6.07) is 10.9. The number of nitrogens with one attached hydrogen (secondary N) is 1. The third kappa shape index (κ3) is 6.54. The summed E-state index contributed by atoms with van der Waals surface area (Å²) < 4.78 is 23.6. The van der Waals surface area contributed by atoms with E-state index < -0.39 is 0 Å². The summed E-state index contributed by atoms with van der Waals surface area (Å²) in [5, 5.41) is 3.33. The highest BCUT2D eigenvalue weighted by atomic mass is 35.5. The SMILES string of the molecule is COc1ccc(Cl)cc1NC(=O)CCN(C)CCOc1ccc(F)cc1. The number of benzene rings is 2. The molecule has 0 unspecified atom stereocenters. The maximum Gasteiger partial charge on any atom is 0.225 e. The van der Waals surface area contributed by atoms with Crippen LogP contribution in [0.25, 0.3) is 0 Å². The Balaban J connectivity index is 1.71. The molecule has 0 aromatic heterocycles. The van der Waals surface area contributed by atoms with Crippen LogP contribution in [0.15, 0.2) is 42.5 Å². The number of anilines is 1. The molecular formula is C19H22ClFN2O3. The molecule has 0 bridgehead atoms. The largest absolute Gasteiger partial charge is 0.495 e. The molecule has 26 heavy (non-hydrogen) atoms. The van der Waals surface area contributed by atoms with Crippen molar-refractivity contribution in [2.24, 2.45) is 0 Å². The number of methoxy groups -OCH3 is 1. The zero-order chi connectivity index (χ0) is 18.9.